The summed E-state index contributed by atoms with van der Waals surface area (Å²) in [4.78, 5) is 37.6. The van der Waals surface area contributed by atoms with Crippen LogP contribution in [0.25, 0.3) is 0 Å². The van der Waals surface area contributed by atoms with Crippen LogP contribution in [0.1, 0.15) is 33.6 Å². The molecule has 1 rings (SSSR count). The Morgan fingerprint density at radius 2 is 2.00 bits per heavy atom. The van der Waals surface area contributed by atoms with Crippen LogP contribution >= 0.6 is 0 Å². The van der Waals surface area contributed by atoms with Crippen LogP contribution in [-0.4, -0.2) is 55.1 Å². The first-order chi connectivity index (χ1) is 9.92. The molecule has 7 nitrogen and oxygen atoms in total. The van der Waals surface area contributed by atoms with Crippen molar-refractivity contribution in [3.63, 3.8) is 0 Å². The van der Waals surface area contributed by atoms with Crippen LogP contribution in [0.3, 0.4) is 0 Å². The van der Waals surface area contributed by atoms with Crippen LogP contribution in [-0.2, 0) is 14.3 Å². The van der Waals surface area contributed by atoms with E-state index in [9.17, 15) is 14.4 Å². The highest BCUT2D eigenvalue weighted by Gasteiger charge is 2.38. The molecule has 0 aromatic rings. The van der Waals surface area contributed by atoms with Gasteiger partial charge >= 0.3 is 6.09 Å². The third-order valence-electron chi connectivity index (χ3n) is 3.58. The lowest BCUT2D eigenvalue weighted by atomic mass is 10.0. The number of carbonyl (C=O) groups is 3. The molecule has 1 aliphatic rings. The number of likely N-dealkylation sites (tertiary alicyclic amines) is 1. The van der Waals surface area contributed by atoms with E-state index < -0.39 is 18.2 Å². The maximum Gasteiger partial charge on any atom is 0.407 e. The van der Waals surface area contributed by atoms with Crippen molar-refractivity contribution in [2.75, 3.05) is 20.2 Å². The molecule has 2 atom stereocenters. The Bertz CT molecular complexity index is 398. The predicted octanol–water partition coefficient (Wildman–Crippen LogP) is 0.494. The summed E-state index contributed by atoms with van der Waals surface area (Å²) in [7, 11) is 1.25. The van der Waals surface area contributed by atoms with Crippen molar-refractivity contribution in [3.05, 3.63) is 0 Å². The third kappa shape index (κ3) is 4.34. The topological polar surface area (TPSA) is 87.7 Å². The van der Waals surface area contributed by atoms with Gasteiger partial charge in [-0.15, -0.1) is 0 Å². The van der Waals surface area contributed by atoms with Crippen LogP contribution in [0.5, 0.6) is 0 Å². The number of carbonyl (C=O) groups excluding carboxylic acids is 3. The summed E-state index contributed by atoms with van der Waals surface area (Å²) in [6.07, 6.45) is 0.799. The number of rotatable bonds is 5. The molecule has 0 radical (unpaired) electrons. The van der Waals surface area contributed by atoms with Gasteiger partial charge < -0.3 is 20.3 Å². The molecule has 21 heavy (non-hydrogen) atoms. The van der Waals surface area contributed by atoms with Crippen LogP contribution in [0.4, 0.5) is 4.79 Å². The quantitative estimate of drug-likeness (QED) is 0.773. The highest BCUT2D eigenvalue weighted by Crippen LogP contribution is 2.20. The minimum atomic E-state index is -0.688. The molecule has 0 spiro atoms. The van der Waals surface area contributed by atoms with Gasteiger partial charge in [0.25, 0.3) is 0 Å². The fraction of sp³-hybridized carbons (Fsp3) is 0.786. The number of hydrogen-bond acceptors (Lipinski definition) is 4. The molecule has 0 unspecified atom stereocenters. The largest absolute Gasteiger partial charge is 0.453 e. The molecule has 1 saturated heterocycles. The molecule has 1 heterocycles. The zero-order valence-electron chi connectivity index (χ0n) is 13.1. The van der Waals surface area contributed by atoms with Crippen molar-refractivity contribution in [2.24, 2.45) is 5.92 Å². The molecule has 0 aromatic heterocycles. The smallest absolute Gasteiger partial charge is 0.407 e. The van der Waals surface area contributed by atoms with E-state index in [4.69, 9.17) is 0 Å². The van der Waals surface area contributed by atoms with E-state index in [0.29, 0.717) is 19.5 Å². The van der Waals surface area contributed by atoms with Gasteiger partial charge in [-0.05, 0) is 25.7 Å². The maximum atomic E-state index is 12.6. The van der Waals surface area contributed by atoms with E-state index in [0.717, 1.165) is 6.42 Å². The molecule has 3 amide bonds. The third-order valence-corrected chi connectivity index (χ3v) is 3.58. The summed E-state index contributed by atoms with van der Waals surface area (Å²) in [5.41, 5.74) is 0. The molecule has 0 bridgehead atoms. The van der Waals surface area contributed by atoms with Crippen molar-refractivity contribution in [1.29, 1.82) is 0 Å². The number of methoxy groups -OCH3 is 1. The lowest BCUT2D eigenvalue weighted by molar-refractivity contribution is -0.140. The first kappa shape index (κ1) is 17.3. The van der Waals surface area contributed by atoms with Crippen LogP contribution in [0.2, 0.25) is 0 Å². The molecular weight excluding hydrogens is 274 g/mol. The van der Waals surface area contributed by atoms with E-state index in [2.05, 4.69) is 15.4 Å². The number of amides is 3. The Hall–Kier alpha value is -1.79. The van der Waals surface area contributed by atoms with Gasteiger partial charge in [-0.25, -0.2) is 4.79 Å². The van der Waals surface area contributed by atoms with E-state index in [1.807, 2.05) is 20.8 Å². The Kier molecular flexibility index (Phi) is 6.45. The summed E-state index contributed by atoms with van der Waals surface area (Å²) in [6.45, 7) is 6.60. The fourth-order valence-corrected chi connectivity index (χ4v) is 2.47. The Morgan fingerprint density at radius 3 is 2.52 bits per heavy atom. The average Bonchev–Trinajstić information content (AvgIpc) is 2.93. The number of ether oxygens (including phenoxy) is 1. The Balaban J connectivity index is 2.82. The highest BCUT2D eigenvalue weighted by molar-refractivity contribution is 5.92. The molecular formula is C14H25N3O4. The minimum absolute atomic E-state index is 0.0907. The first-order valence-corrected chi connectivity index (χ1v) is 7.35. The summed E-state index contributed by atoms with van der Waals surface area (Å²) in [5.74, 6) is -0.458. The second-order valence-electron chi connectivity index (χ2n) is 5.44. The molecule has 7 heteroatoms. The van der Waals surface area contributed by atoms with E-state index in [1.165, 1.54) is 7.11 Å². The van der Waals surface area contributed by atoms with Crippen molar-refractivity contribution in [1.82, 2.24) is 15.5 Å². The van der Waals surface area contributed by atoms with E-state index in [1.54, 1.807) is 4.90 Å². The molecule has 120 valence electrons. The zero-order valence-corrected chi connectivity index (χ0v) is 13.1. The SMILES string of the molecule is CCNC(=O)[C@@H]1CCCN1C(=O)[C@@H](NC(=O)OC)C(C)C. The van der Waals surface area contributed by atoms with Crippen LogP contribution < -0.4 is 10.6 Å². The molecule has 0 aromatic carbocycles. The van der Waals surface area contributed by atoms with Gasteiger partial charge in [-0.2, -0.15) is 0 Å². The van der Waals surface area contributed by atoms with Gasteiger partial charge in [0.1, 0.15) is 12.1 Å². The van der Waals surface area contributed by atoms with Gasteiger partial charge in [0, 0.05) is 13.1 Å². The van der Waals surface area contributed by atoms with Gasteiger partial charge in [0.2, 0.25) is 11.8 Å². The number of hydrogen-bond donors (Lipinski definition) is 2. The van der Waals surface area contributed by atoms with Gasteiger partial charge in [-0.1, -0.05) is 13.8 Å². The van der Waals surface area contributed by atoms with Crippen molar-refractivity contribution >= 4 is 17.9 Å². The second-order valence-corrected chi connectivity index (χ2v) is 5.44. The molecule has 2 N–H and O–H groups in total. The fourth-order valence-electron chi connectivity index (χ4n) is 2.47. The predicted molar refractivity (Wildman–Crippen MR) is 77.6 cm³/mol. The first-order valence-electron chi connectivity index (χ1n) is 7.35. The summed E-state index contributed by atoms with van der Waals surface area (Å²) in [5, 5.41) is 5.30. The van der Waals surface area contributed by atoms with Crippen LogP contribution in [0, 0.1) is 5.92 Å². The molecule has 1 fully saturated rings. The molecule has 1 aliphatic heterocycles. The number of likely N-dealkylation sites (N-methyl/N-ethyl adjacent to an activating group) is 1. The summed E-state index contributed by atoms with van der Waals surface area (Å²) in [6, 6.07) is -1.13. The van der Waals surface area contributed by atoms with E-state index in [-0.39, 0.29) is 17.7 Å². The Morgan fingerprint density at radius 1 is 1.33 bits per heavy atom. The van der Waals surface area contributed by atoms with E-state index >= 15 is 0 Å². The van der Waals surface area contributed by atoms with Crippen molar-refractivity contribution in [2.45, 2.75) is 45.7 Å². The van der Waals surface area contributed by atoms with Crippen LogP contribution in [0.15, 0.2) is 0 Å². The number of alkyl carbamates (subject to hydrolysis) is 1. The van der Waals surface area contributed by atoms with Gasteiger partial charge in [0.05, 0.1) is 7.11 Å². The Labute approximate surface area is 125 Å². The van der Waals surface area contributed by atoms with Crippen molar-refractivity contribution in [3.8, 4) is 0 Å². The maximum absolute atomic E-state index is 12.6. The lowest BCUT2D eigenvalue weighted by Crippen LogP contribution is -2.55. The molecule has 0 saturated carbocycles. The summed E-state index contributed by atoms with van der Waals surface area (Å²) >= 11 is 0. The molecule has 0 aliphatic carbocycles. The minimum Gasteiger partial charge on any atom is -0.453 e. The second kappa shape index (κ2) is 7.85. The standard InChI is InChI=1S/C14H25N3O4/c1-5-15-12(18)10-7-6-8-17(10)13(19)11(9(2)3)16-14(20)21-4/h9-11H,5-8H2,1-4H3,(H,15,18)(H,16,20)/t10-,11-/m0/s1. The zero-order chi connectivity index (χ0) is 16.0. The van der Waals surface area contributed by atoms with Crippen molar-refractivity contribution < 1.29 is 19.1 Å². The highest BCUT2D eigenvalue weighted by atomic mass is 16.5. The van der Waals surface area contributed by atoms with Gasteiger partial charge in [-0.3, -0.25) is 9.59 Å². The number of nitrogens with one attached hydrogen (secondary N) is 2. The summed E-state index contributed by atoms with van der Waals surface area (Å²) < 4.78 is 4.56. The number of nitrogens with zero attached hydrogens (tertiary/aromatic N) is 1. The normalized spacial score (nSPS) is 19.3. The average molecular weight is 299 g/mol. The lowest BCUT2D eigenvalue weighted by Gasteiger charge is -2.30. The monoisotopic (exact) mass is 299 g/mol. The van der Waals surface area contributed by atoms with Gasteiger partial charge in [0.15, 0.2) is 0 Å².